The van der Waals surface area contributed by atoms with Crippen molar-refractivity contribution in [2.75, 3.05) is 24.7 Å². The van der Waals surface area contributed by atoms with E-state index in [-0.39, 0.29) is 22.0 Å². The molecule has 1 heterocycles. The van der Waals surface area contributed by atoms with Crippen molar-refractivity contribution in [1.82, 2.24) is 4.90 Å². The second-order valence-corrected chi connectivity index (χ2v) is 10.4. The number of esters is 1. The number of primary sulfonamides is 1. The van der Waals surface area contributed by atoms with Crippen LogP contribution >= 0.6 is 0 Å². The van der Waals surface area contributed by atoms with E-state index in [0.717, 1.165) is 6.42 Å². The van der Waals surface area contributed by atoms with Gasteiger partial charge in [-0.15, -0.1) is 0 Å². The zero-order valence-corrected chi connectivity index (χ0v) is 17.2. The lowest BCUT2D eigenvalue weighted by atomic mass is 10.2. The normalized spacial score (nSPS) is 18.6. The first-order valence-corrected chi connectivity index (χ1v) is 12.2. The third-order valence-electron chi connectivity index (χ3n) is 4.47. The van der Waals surface area contributed by atoms with Crippen LogP contribution in [0.2, 0.25) is 0 Å². The zero-order chi connectivity index (χ0) is 20.9. The number of ether oxygens (including phenoxy) is 1. The quantitative estimate of drug-likeness (QED) is 0.583. The van der Waals surface area contributed by atoms with Crippen LogP contribution in [0.5, 0.6) is 0 Å². The summed E-state index contributed by atoms with van der Waals surface area (Å²) in [5.41, 5.74) is 0.0729. The van der Waals surface area contributed by atoms with Gasteiger partial charge in [0.15, 0.2) is 16.4 Å². The molecule has 1 unspecified atom stereocenters. The minimum absolute atomic E-state index is 0.0454. The topological polar surface area (TPSA) is 141 Å². The van der Waals surface area contributed by atoms with E-state index in [1.807, 2.05) is 6.92 Å². The van der Waals surface area contributed by atoms with E-state index >= 15 is 0 Å². The summed E-state index contributed by atoms with van der Waals surface area (Å²) < 4.78 is 50.9. The minimum atomic E-state index is -3.87. The molecule has 9 nitrogen and oxygen atoms in total. The number of nitrogens with two attached hydrogens (primary N) is 1. The number of benzene rings is 1. The Bertz CT molecular complexity index is 925. The van der Waals surface area contributed by atoms with E-state index in [2.05, 4.69) is 0 Å². The number of amides is 1. The standard InChI is InChI=1S/C17H24N2O7S2/c1-2-3-9-19(14-8-10-27(22,23)12-14)16(20)11-26-17(21)13-4-6-15(7-5-13)28(18,24)25/h4-7,14H,2-3,8-12H2,1H3,(H2,18,24,25). The molecule has 0 bridgehead atoms. The Balaban J connectivity index is 2.00. The van der Waals surface area contributed by atoms with Crippen LogP contribution in [0.3, 0.4) is 0 Å². The molecule has 1 atom stereocenters. The summed E-state index contributed by atoms with van der Waals surface area (Å²) in [6, 6.07) is 4.42. The molecule has 1 aromatic rings. The Morgan fingerprint density at radius 2 is 1.89 bits per heavy atom. The zero-order valence-electron chi connectivity index (χ0n) is 15.5. The van der Waals surface area contributed by atoms with Gasteiger partial charge in [-0.3, -0.25) is 4.79 Å². The van der Waals surface area contributed by atoms with Gasteiger partial charge < -0.3 is 9.64 Å². The predicted molar refractivity (Wildman–Crippen MR) is 102 cm³/mol. The van der Waals surface area contributed by atoms with Gasteiger partial charge in [-0.05, 0) is 37.1 Å². The summed E-state index contributed by atoms with van der Waals surface area (Å²) in [5, 5.41) is 5.00. The lowest BCUT2D eigenvalue weighted by molar-refractivity contribution is -0.136. The van der Waals surface area contributed by atoms with Crippen LogP contribution in [0.25, 0.3) is 0 Å². The molecule has 28 heavy (non-hydrogen) atoms. The highest BCUT2D eigenvalue weighted by Gasteiger charge is 2.34. The smallest absolute Gasteiger partial charge is 0.338 e. The second kappa shape index (κ2) is 9.01. The number of hydrogen-bond acceptors (Lipinski definition) is 7. The molecule has 1 saturated heterocycles. The monoisotopic (exact) mass is 432 g/mol. The largest absolute Gasteiger partial charge is 0.452 e. The SMILES string of the molecule is CCCCN(C(=O)COC(=O)c1ccc(S(N)(=O)=O)cc1)C1CCS(=O)(=O)C1. The van der Waals surface area contributed by atoms with Crippen molar-refractivity contribution >= 4 is 31.7 Å². The first-order valence-electron chi connectivity index (χ1n) is 8.83. The van der Waals surface area contributed by atoms with Crippen molar-refractivity contribution < 1.29 is 31.2 Å². The van der Waals surface area contributed by atoms with Crippen molar-refractivity contribution in [1.29, 1.82) is 0 Å². The molecular weight excluding hydrogens is 408 g/mol. The highest BCUT2D eigenvalue weighted by atomic mass is 32.2. The minimum Gasteiger partial charge on any atom is -0.452 e. The third kappa shape index (κ3) is 6.01. The predicted octanol–water partition coefficient (Wildman–Crippen LogP) is 0.307. The fourth-order valence-corrected chi connectivity index (χ4v) is 5.18. The third-order valence-corrected chi connectivity index (χ3v) is 7.15. The molecule has 0 saturated carbocycles. The summed E-state index contributed by atoms with van der Waals surface area (Å²) in [4.78, 5) is 26.0. The molecule has 1 amide bonds. The molecule has 1 aliphatic rings. The van der Waals surface area contributed by atoms with Gasteiger partial charge in [0.25, 0.3) is 5.91 Å². The molecule has 0 radical (unpaired) electrons. The average molecular weight is 433 g/mol. The van der Waals surface area contributed by atoms with Crippen LogP contribution in [-0.4, -0.2) is 64.3 Å². The van der Waals surface area contributed by atoms with Gasteiger partial charge in [0.05, 0.1) is 22.0 Å². The van der Waals surface area contributed by atoms with Crippen LogP contribution in [0.4, 0.5) is 0 Å². The summed E-state index contributed by atoms with van der Waals surface area (Å²) in [6.45, 7) is 1.84. The van der Waals surface area contributed by atoms with E-state index in [4.69, 9.17) is 9.88 Å². The Labute approximate surface area is 164 Å². The van der Waals surface area contributed by atoms with Crippen molar-refractivity contribution in [3.05, 3.63) is 29.8 Å². The van der Waals surface area contributed by atoms with Crippen molar-refractivity contribution in [3.8, 4) is 0 Å². The summed E-state index contributed by atoms with van der Waals surface area (Å²) in [7, 11) is -7.02. The van der Waals surface area contributed by atoms with E-state index in [1.165, 1.54) is 29.2 Å². The molecular formula is C17H24N2O7S2. The Hall–Kier alpha value is -1.98. The molecule has 1 fully saturated rings. The highest BCUT2D eigenvalue weighted by Crippen LogP contribution is 2.19. The van der Waals surface area contributed by atoms with Gasteiger partial charge in [-0.2, -0.15) is 0 Å². The number of carbonyl (C=O) groups is 2. The summed E-state index contributed by atoms with van der Waals surface area (Å²) in [6.07, 6.45) is 1.92. The molecule has 0 aromatic heterocycles. The number of hydrogen-bond donors (Lipinski definition) is 1. The number of sulfonamides is 1. The van der Waals surface area contributed by atoms with Crippen molar-refractivity contribution in [2.45, 2.75) is 37.1 Å². The van der Waals surface area contributed by atoms with Crippen LogP contribution < -0.4 is 5.14 Å². The highest BCUT2D eigenvalue weighted by molar-refractivity contribution is 7.91. The number of carbonyl (C=O) groups excluding carboxylic acids is 2. The van der Waals surface area contributed by atoms with Gasteiger partial charge >= 0.3 is 5.97 Å². The van der Waals surface area contributed by atoms with Crippen molar-refractivity contribution in [3.63, 3.8) is 0 Å². The molecule has 156 valence electrons. The number of unbranched alkanes of at least 4 members (excludes halogenated alkanes) is 1. The maximum atomic E-state index is 12.5. The van der Waals surface area contributed by atoms with Crippen LogP contribution in [0, 0.1) is 0 Å². The summed E-state index contributed by atoms with van der Waals surface area (Å²) in [5.74, 6) is -1.27. The molecule has 2 rings (SSSR count). The number of rotatable bonds is 8. The van der Waals surface area contributed by atoms with Gasteiger partial charge in [-0.25, -0.2) is 26.8 Å². The molecule has 0 aliphatic carbocycles. The Morgan fingerprint density at radius 1 is 1.25 bits per heavy atom. The van der Waals surface area contributed by atoms with Gasteiger partial charge in [-0.1, -0.05) is 13.3 Å². The maximum Gasteiger partial charge on any atom is 0.338 e. The van der Waals surface area contributed by atoms with Crippen molar-refractivity contribution in [2.24, 2.45) is 5.14 Å². The molecule has 0 spiro atoms. The van der Waals surface area contributed by atoms with Gasteiger partial charge in [0.2, 0.25) is 10.0 Å². The Morgan fingerprint density at radius 3 is 2.39 bits per heavy atom. The van der Waals surface area contributed by atoms with E-state index in [9.17, 15) is 26.4 Å². The first kappa shape index (κ1) is 22.3. The lowest BCUT2D eigenvalue weighted by Crippen LogP contribution is -2.43. The molecule has 1 aromatic carbocycles. The van der Waals surface area contributed by atoms with Crippen LogP contribution in [-0.2, 0) is 29.4 Å². The van der Waals surface area contributed by atoms with E-state index < -0.39 is 44.4 Å². The van der Waals surface area contributed by atoms with E-state index in [0.29, 0.717) is 19.4 Å². The van der Waals surface area contributed by atoms with Gasteiger partial charge in [0.1, 0.15) is 0 Å². The molecule has 11 heteroatoms. The fraction of sp³-hybridized carbons (Fsp3) is 0.529. The number of sulfone groups is 1. The first-order chi connectivity index (χ1) is 13.0. The Kier molecular flexibility index (Phi) is 7.18. The molecule has 1 aliphatic heterocycles. The second-order valence-electron chi connectivity index (χ2n) is 6.64. The van der Waals surface area contributed by atoms with Crippen LogP contribution in [0.15, 0.2) is 29.2 Å². The maximum absolute atomic E-state index is 12.5. The van der Waals surface area contributed by atoms with E-state index in [1.54, 1.807) is 0 Å². The van der Waals surface area contributed by atoms with Gasteiger partial charge in [0, 0.05) is 12.6 Å². The molecule has 2 N–H and O–H groups in total. The fourth-order valence-electron chi connectivity index (χ4n) is 2.93. The van der Waals surface area contributed by atoms with Crippen LogP contribution in [0.1, 0.15) is 36.5 Å². The number of nitrogens with zero attached hydrogens (tertiary/aromatic N) is 1. The summed E-state index contributed by atoms with van der Waals surface area (Å²) >= 11 is 0. The lowest BCUT2D eigenvalue weighted by Gasteiger charge is -2.28. The average Bonchev–Trinajstić information content (AvgIpc) is 2.99.